The molecule has 1 heterocycles. The number of likely N-dealkylation sites (N-methyl/N-ethyl adjacent to an activating group) is 1. The smallest absolute Gasteiger partial charge is 0.237 e. The first-order chi connectivity index (χ1) is 6.83. The van der Waals surface area contributed by atoms with Crippen LogP contribution < -0.4 is 5.32 Å². The van der Waals surface area contributed by atoms with Gasteiger partial charge in [-0.25, -0.2) is 0 Å². The lowest BCUT2D eigenvalue weighted by atomic mass is 10.0. The van der Waals surface area contributed by atoms with Gasteiger partial charge in [-0.3, -0.25) is 4.79 Å². The van der Waals surface area contributed by atoms with Crippen molar-refractivity contribution >= 4 is 17.7 Å². The van der Waals surface area contributed by atoms with Crippen LogP contribution in [0.3, 0.4) is 0 Å². The number of rotatable bonds is 1. The fourth-order valence-corrected chi connectivity index (χ4v) is 2.99. The van der Waals surface area contributed by atoms with Crippen molar-refractivity contribution in [1.29, 1.82) is 0 Å². The molecule has 2 rings (SSSR count). The van der Waals surface area contributed by atoms with E-state index >= 15 is 0 Å². The quantitative estimate of drug-likeness (QED) is 0.760. The molecule has 2 nitrogen and oxygen atoms in total. The summed E-state index contributed by atoms with van der Waals surface area (Å²) in [5, 5.41) is 2.71. The highest BCUT2D eigenvalue weighted by atomic mass is 32.2. The largest absolute Gasteiger partial charge is 0.358 e. The number of benzene rings is 1. The number of fused-ring (bicyclic) bond motifs is 1. The first-order valence-corrected chi connectivity index (χ1v) is 5.79. The van der Waals surface area contributed by atoms with E-state index in [4.69, 9.17) is 0 Å². The summed E-state index contributed by atoms with van der Waals surface area (Å²) in [7, 11) is 1.69. The summed E-state index contributed by atoms with van der Waals surface area (Å²) < 4.78 is 0. The highest BCUT2D eigenvalue weighted by Crippen LogP contribution is 2.36. The summed E-state index contributed by atoms with van der Waals surface area (Å²) >= 11 is 1.73. The summed E-state index contributed by atoms with van der Waals surface area (Å²) in [5.74, 6) is 1.15. The van der Waals surface area contributed by atoms with E-state index < -0.39 is 0 Å². The van der Waals surface area contributed by atoms with E-state index in [1.807, 2.05) is 12.1 Å². The number of aryl methyl sites for hydroxylation is 1. The Kier molecular flexibility index (Phi) is 2.77. The second kappa shape index (κ2) is 4.05. The van der Waals surface area contributed by atoms with E-state index in [0.717, 1.165) is 12.2 Å². The summed E-state index contributed by atoms with van der Waals surface area (Å²) in [5.41, 5.74) is 2.50. The van der Waals surface area contributed by atoms with Gasteiger partial charge < -0.3 is 5.32 Å². The minimum Gasteiger partial charge on any atom is -0.358 e. The zero-order chi connectivity index (χ0) is 9.97. The maximum atomic E-state index is 11.6. The third-order valence-corrected chi connectivity index (χ3v) is 3.72. The van der Waals surface area contributed by atoms with E-state index in [1.165, 1.54) is 11.1 Å². The van der Waals surface area contributed by atoms with Crippen LogP contribution in [-0.4, -0.2) is 18.7 Å². The molecule has 0 bridgehead atoms. The van der Waals surface area contributed by atoms with Crippen LogP contribution in [0.15, 0.2) is 24.3 Å². The average Bonchev–Trinajstić information content (AvgIpc) is 2.27. The zero-order valence-electron chi connectivity index (χ0n) is 8.12. The third kappa shape index (κ3) is 1.64. The molecular formula is C11H13NOS. The van der Waals surface area contributed by atoms with Crippen molar-refractivity contribution in [2.24, 2.45) is 0 Å². The van der Waals surface area contributed by atoms with Gasteiger partial charge in [-0.05, 0) is 23.3 Å². The van der Waals surface area contributed by atoms with Gasteiger partial charge in [0.1, 0.15) is 5.25 Å². The lowest BCUT2D eigenvalue weighted by molar-refractivity contribution is -0.120. The Bertz CT molecular complexity index is 351. The van der Waals surface area contributed by atoms with Gasteiger partial charge in [0, 0.05) is 7.05 Å². The summed E-state index contributed by atoms with van der Waals surface area (Å²) in [6.07, 6.45) is 1.08. The van der Waals surface area contributed by atoms with Crippen LogP contribution in [0.4, 0.5) is 0 Å². The first kappa shape index (κ1) is 9.59. The number of hydrogen-bond donors (Lipinski definition) is 1. The predicted molar refractivity (Wildman–Crippen MR) is 59.4 cm³/mol. The predicted octanol–water partition coefficient (Wildman–Crippen LogP) is 1.76. The van der Waals surface area contributed by atoms with Gasteiger partial charge in [-0.2, -0.15) is 0 Å². The van der Waals surface area contributed by atoms with Gasteiger partial charge in [0.05, 0.1) is 0 Å². The third-order valence-electron chi connectivity index (χ3n) is 2.48. The van der Waals surface area contributed by atoms with E-state index in [1.54, 1.807) is 18.8 Å². The van der Waals surface area contributed by atoms with Crippen molar-refractivity contribution in [3.05, 3.63) is 35.4 Å². The van der Waals surface area contributed by atoms with Gasteiger partial charge in [0.2, 0.25) is 5.91 Å². The lowest BCUT2D eigenvalue weighted by Gasteiger charge is -2.23. The molecule has 1 aliphatic heterocycles. The van der Waals surface area contributed by atoms with Crippen LogP contribution in [0.1, 0.15) is 16.4 Å². The first-order valence-electron chi connectivity index (χ1n) is 4.74. The number of carbonyl (C=O) groups is 1. The van der Waals surface area contributed by atoms with E-state index in [2.05, 4.69) is 17.4 Å². The Morgan fingerprint density at radius 2 is 2.29 bits per heavy atom. The Morgan fingerprint density at radius 3 is 3.07 bits per heavy atom. The van der Waals surface area contributed by atoms with Crippen molar-refractivity contribution < 1.29 is 4.79 Å². The van der Waals surface area contributed by atoms with Gasteiger partial charge >= 0.3 is 0 Å². The molecule has 3 heteroatoms. The van der Waals surface area contributed by atoms with Crippen molar-refractivity contribution in [1.82, 2.24) is 5.32 Å². The van der Waals surface area contributed by atoms with Gasteiger partial charge in [0.25, 0.3) is 0 Å². The molecule has 1 aromatic rings. The topological polar surface area (TPSA) is 29.1 Å². The molecule has 0 radical (unpaired) electrons. The van der Waals surface area contributed by atoms with E-state index in [-0.39, 0.29) is 11.2 Å². The van der Waals surface area contributed by atoms with Gasteiger partial charge in [0.15, 0.2) is 0 Å². The number of nitrogens with one attached hydrogen (secondary N) is 1. The number of carbonyl (C=O) groups excluding carboxylic acids is 1. The van der Waals surface area contributed by atoms with Crippen LogP contribution in [0, 0.1) is 0 Å². The minimum atomic E-state index is -0.00931. The summed E-state index contributed by atoms with van der Waals surface area (Å²) in [4.78, 5) is 11.6. The molecule has 1 amide bonds. The molecule has 74 valence electrons. The second-order valence-corrected chi connectivity index (χ2v) is 4.53. The molecule has 14 heavy (non-hydrogen) atoms. The van der Waals surface area contributed by atoms with Crippen molar-refractivity contribution in [2.75, 3.05) is 12.8 Å². The summed E-state index contributed by atoms with van der Waals surface area (Å²) in [6, 6.07) is 8.21. The molecule has 1 aromatic carbocycles. The lowest BCUT2D eigenvalue weighted by Crippen LogP contribution is -2.26. The molecule has 0 aromatic heterocycles. The fraction of sp³-hybridized carbons (Fsp3) is 0.364. The fourth-order valence-electron chi connectivity index (χ4n) is 1.74. The van der Waals surface area contributed by atoms with Crippen LogP contribution in [0.25, 0.3) is 0 Å². The number of amides is 1. The van der Waals surface area contributed by atoms with Crippen LogP contribution in [0.2, 0.25) is 0 Å². The van der Waals surface area contributed by atoms with Crippen molar-refractivity contribution in [3.8, 4) is 0 Å². The summed E-state index contributed by atoms with van der Waals surface area (Å²) in [6.45, 7) is 0. The molecule has 1 atom stereocenters. The minimum absolute atomic E-state index is 0.00931. The molecule has 0 saturated carbocycles. The molecular weight excluding hydrogens is 194 g/mol. The molecule has 1 N–H and O–H groups in total. The maximum Gasteiger partial charge on any atom is 0.237 e. The van der Waals surface area contributed by atoms with Gasteiger partial charge in [-0.1, -0.05) is 24.3 Å². The molecule has 1 unspecified atom stereocenters. The Balaban J connectivity index is 2.35. The highest BCUT2D eigenvalue weighted by molar-refractivity contribution is 8.00. The highest BCUT2D eigenvalue weighted by Gasteiger charge is 2.25. The van der Waals surface area contributed by atoms with E-state index in [9.17, 15) is 4.79 Å². The Hall–Kier alpha value is -0.960. The monoisotopic (exact) mass is 207 g/mol. The standard InChI is InChI=1S/C11H13NOS/c1-12-11(13)10-9-5-3-2-4-8(9)6-7-14-10/h2-5,10H,6-7H2,1H3,(H,12,13). The van der Waals surface area contributed by atoms with Crippen LogP contribution >= 0.6 is 11.8 Å². The zero-order valence-corrected chi connectivity index (χ0v) is 8.93. The molecule has 0 saturated heterocycles. The normalized spacial score (nSPS) is 19.9. The Labute approximate surface area is 88.1 Å². The molecule has 0 fully saturated rings. The van der Waals surface area contributed by atoms with E-state index in [0.29, 0.717) is 0 Å². The maximum absolute atomic E-state index is 11.6. The van der Waals surface area contributed by atoms with Crippen LogP contribution in [0.5, 0.6) is 0 Å². The molecule has 0 spiro atoms. The average molecular weight is 207 g/mol. The SMILES string of the molecule is CNC(=O)C1SCCc2ccccc21. The van der Waals surface area contributed by atoms with Gasteiger partial charge in [-0.15, -0.1) is 11.8 Å². The molecule has 1 aliphatic rings. The van der Waals surface area contributed by atoms with Crippen molar-refractivity contribution in [3.63, 3.8) is 0 Å². The Morgan fingerprint density at radius 1 is 1.50 bits per heavy atom. The van der Waals surface area contributed by atoms with Crippen molar-refractivity contribution in [2.45, 2.75) is 11.7 Å². The second-order valence-electron chi connectivity index (χ2n) is 3.31. The number of thioether (sulfide) groups is 1. The van der Waals surface area contributed by atoms with Crippen LogP contribution in [-0.2, 0) is 11.2 Å². The number of hydrogen-bond acceptors (Lipinski definition) is 2. The molecule has 0 aliphatic carbocycles.